The standard InChI is InChI=1S/C12H18N4OS/c1-9(7-16-12(17)13-2)6-15-10-8-14-5-4-11(10)18-3/h4-5,8-9,15H,2,6-7H2,1,3H3,(H,16,17). The molecule has 0 radical (unpaired) electrons. The Morgan fingerprint density at radius 3 is 3.06 bits per heavy atom. The number of amides is 2. The normalized spacial score (nSPS) is 11.7. The molecule has 1 rings (SSSR count). The number of hydrogen-bond donors (Lipinski definition) is 2. The minimum atomic E-state index is -0.381. The molecule has 98 valence electrons. The lowest BCUT2D eigenvalue weighted by Crippen LogP contribution is -2.29. The van der Waals surface area contributed by atoms with Crippen LogP contribution >= 0.6 is 11.8 Å². The van der Waals surface area contributed by atoms with Crippen LogP contribution in [0, 0.1) is 5.92 Å². The molecular formula is C12H18N4OS. The van der Waals surface area contributed by atoms with Crippen LogP contribution in [0.15, 0.2) is 28.3 Å². The summed E-state index contributed by atoms with van der Waals surface area (Å²) in [6, 6.07) is 1.59. The number of anilines is 1. The van der Waals surface area contributed by atoms with Gasteiger partial charge in [0.1, 0.15) is 0 Å². The lowest BCUT2D eigenvalue weighted by molar-refractivity contribution is 0.248. The van der Waals surface area contributed by atoms with Crippen molar-refractivity contribution in [3.63, 3.8) is 0 Å². The van der Waals surface area contributed by atoms with Crippen molar-refractivity contribution in [3.8, 4) is 0 Å². The number of rotatable bonds is 6. The Morgan fingerprint density at radius 1 is 1.61 bits per heavy atom. The van der Waals surface area contributed by atoms with E-state index in [9.17, 15) is 4.79 Å². The Hall–Kier alpha value is -1.56. The number of thioether (sulfide) groups is 1. The maximum Gasteiger partial charge on any atom is 0.340 e. The third kappa shape index (κ3) is 4.75. The van der Waals surface area contributed by atoms with E-state index in [4.69, 9.17) is 0 Å². The van der Waals surface area contributed by atoms with E-state index in [-0.39, 0.29) is 6.03 Å². The lowest BCUT2D eigenvalue weighted by atomic mass is 10.2. The monoisotopic (exact) mass is 266 g/mol. The van der Waals surface area contributed by atoms with Crippen LogP contribution in [0.4, 0.5) is 10.5 Å². The first kappa shape index (κ1) is 14.5. The fourth-order valence-corrected chi connectivity index (χ4v) is 1.91. The fourth-order valence-electron chi connectivity index (χ4n) is 1.37. The fraction of sp³-hybridized carbons (Fsp3) is 0.417. The number of hydrogen-bond acceptors (Lipinski definition) is 4. The molecule has 1 atom stereocenters. The van der Waals surface area contributed by atoms with Crippen LogP contribution in [0.2, 0.25) is 0 Å². The molecule has 2 N–H and O–H groups in total. The van der Waals surface area contributed by atoms with Crippen LogP contribution in [0.25, 0.3) is 0 Å². The number of urea groups is 1. The third-order valence-corrected chi connectivity index (χ3v) is 3.18. The van der Waals surface area contributed by atoms with Crippen molar-refractivity contribution < 1.29 is 4.79 Å². The van der Waals surface area contributed by atoms with Crippen molar-refractivity contribution in [2.75, 3.05) is 24.7 Å². The average molecular weight is 266 g/mol. The number of nitrogens with one attached hydrogen (secondary N) is 2. The van der Waals surface area contributed by atoms with Crippen LogP contribution in [0.1, 0.15) is 6.92 Å². The van der Waals surface area contributed by atoms with Gasteiger partial charge in [0.25, 0.3) is 0 Å². The maximum atomic E-state index is 10.9. The molecule has 1 aromatic heterocycles. The summed E-state index contributed by atoms with van der Waals surface area (Å²) in [5, 5.41) is 5.99. The molecule has 2 amide bonds. The summed E-state index contributed by atoms with van der Waals surface area (Å²) < 4.78 is 0. The van der Waals surface area contributed by atoms with Gasteiger partial charge in [-0.25, -0.2) is 9.79 Å². The minimum Gasteiger partial charge on any atom is -0.383 e. The molecule has 1 unspecified atom stereocenters. The quantitative estimate of drug-likeness (QED) is 0.612. The Morgan fingerprint density at radius 2 is 2.39 bits per heavy atom. The predicted molar refractivity (Wildman–Crippen MR) is 76.6 cm³/mol. The van der Waals surface area contributed by atoms with Crippen molar-refractivity contribution >= 4 is 30.2 Å². The number of carbonyl (C=O) groups is 1. The van der Waals surface area contributed by atoms with Gasteiger partial charge >= 0.3 is 6.03 Å². The molecule has 0 aliphatic heterocycles. The molecule has 0 aromatic carbocycles. The third-order valence-electron chi connectivity index (χ3n) is 2.39. The van der Waals surface area contributed by atoms with E-state index in [0.29, 0.717) is 12.5 Å². The van der Waals surface area contributed by atoms with Crippen LogP contribution in [0.3, 0.4) is 0 Å². The Bertz CT molecular complexity index is 411. The summed E-state index contributed by atoms with van der Waals surface area (Å²) in [5.74, 6) is 0.297. The predicted octanol–water partition coefficient (Wildman–Crippen LogP) is 2.26. The second-order valence-electron chi connectivity index (χ2n) is 3.91. The van der Waals surface area contributed by atoms with Crippen molar-refractivity contribution in [1.82, 2.24) is 10.3 Å². The zero-order valence-corrected chi connectivity index (χ0v) is 11.5. The van der Waals surface area contributed by atoms with Crippen molar-refractivity contribution in [2.24, 2.45) is 10.9 Å². The Balaban J connectivity index is 2.40. The van der Waals surface area contributed by atoms with E-state index in [1.165, 1.54) is 0 Å². The summed E-state index contributed by atoms with van der Waals surface area (Å²) in [6.07, 6.45) is 5.61. The smallest absolute Gasteiger partial charge is 0.340 e. The zero-order valence-electron chi connectivity index (χ0n) is 10.6. The molecule has 0 aliphatic rings. The second kappa shape index (κ2) is 7.71. The van der Waals surface area contributed by atoms with Gasteiger partial charge in [-0.2, -0.15) is 0 Å². The van der Waals surface area contributed by atoms with E-state index >= 15 is 0 Å². The highest BCUT2D eigenvalue weighted by Crippen LogP contribution is 2.23. The molecule has 0 bridgehead atoms. The van der Waals surface area contributed by atoms with Crippen molar-refractivity contribution in [3.05, 3.63) is 18.5 Å². The molecule has 0 spiro atoms. The first-order chi connectivity index (χ1) is 8.67. The molecule has 0 saturated carbocycles. The van der Waals surface area contributed by atoms with Gasteiger partial charge in [-0.3, -0.25) is 4.98 Å². The molecule has 0 fully saturated rings. The van der Waals surface area contributed by atoms with E-state index in [1.807, 2.05) is 25.4 Å². The first-order valence-electron chi connectivity index (χ1n) is 5.63. The van der Waals surface area contributed by atoms with Crippen LogP contribution in [-0.4, -0.2) is 37.1 Å². The van der Waals surface area contributed by atoms with Gasteiger partial charge in [-0.05, 0) is 25.0 Å². The number of pyridine rings is 1. The van der Waals surface area contributed by atoms with Crippen LogP contribution in [0.5, 0.6) is 0 Å². The number of aromatic nitrogens is 1. The summed E-state index contributed by atoms with van der Waals surface area (Å²) in [4.78, 5) is 19.4. The van der Waals surface area contributed by atoms with Gasteiger partial charge in [-0.1, -0.05) is 6.92 Å². The van der Waals surface area contributed by atoms with E-state index in [0.717, 1.165) is 17.1 Å². The van der Waals surface area contributed by atoms with Crippen LogP contribution < -0.4 is 10.6 Å². The van der Waals surface area contributed by atoms with Gasteiger partial charge in [0.2, 0.25) is 0 Å². The Kier molecular flexibility index (Phi) is 6.21. The highest BCUT2D eigenvalue weighted by atomic mass is 32.2. The second-order valence-corrected chi connectivity index (χ2v) is 4.75. The van der Waals surface area contributed by atoms with E-state index in [1.54, 1.807) is 18.0 Å². The van der Waals surface area contributed by atoms with Crippen molar-refractivity contribution in [2.45, 2.75) is 11.8 Å². The number of aliphatic imine (C=N–C) groups is 1. The van der Waals surface area contributed by atoms with E-state index < -0.39 is 0 Å². The zero-order chi connectivity index (χ0) is 13.4. The molecule has 6 heteroatoms. The molecule has 0 saturated heterocycles. The Labute approximate surface area is 111 Å². The SMILES string of the molecule is C=NC(=O)NCC(C)CNc1cnccc1SC. The number of nitrogens with zero attached hydrogens (tertiary/aromatic N) is 2. The van der Waals surface area contributed by atoms with Crippen LogP contribution in [-0.2, 0) is 0 Å². The molecule has 1 heterocycles. The molecule has 0 aliphatic carbocycles. The summed E-state index contributed by atoms with van der Waals surface area (Å²) >= 11 is 1.67. The van der Waals surface area contributed by atoms with Gasteiger partial charge in [0.05, 0.1) is 11.9 Å². The largest absolute Gasteiger partial charge is 0.383 e. The number of carbonyl (C=O) groups excluding carboxylic acids is 1. The van der Waals surface area contributed by atoms with E-state index in [2.05, 4.69) is 27.3 Å². The van der Waals surface area contributed by atoms with Gasteiger partial charge in [0.15, 0.2) is 0 Å². The highest BCUT2D eigenvalue weighted by Gasteiger charge is 2.06. The average Bonchev–Trinajstić information content (AvgIpc) is 2.42. The molecule has 18 heavy (non-hydrogen) atoms. The summed E-state index contributed by atoms with van der Waals surface area (Å²) in [7, 11) is 0. The lowest BCUT2D eigenvalue weighted by Gasteiger charge is -2.15. The molecular weight excluding hydrogens is 248 g/mol. The minimum absolute atomic E-state index is 0.297. The van der Waals surface area contributed by atoms with Crippen molar-refractivity contribution in [1.29, 1.82) is 0 Å². The summed E-state index contributed by atoms with van der Waals surface area (Å²) in [5.41, 5.74) is 1.02. The topological polar surface area (TPSA) is 66.4 Å². The van der Waals surface area contributed by atoms with Gasteiger partial charge in [-0.15, -0.1) is 11.8 Å². The molecule has 5 nitrogen and oxygen atoms in total. The first-order valence-corrected chi connectivity index (χ1v) is 6.86. The van der Waals surface area contributed by atoms with Gasteiger partial charge < -0.3 is 10.6 Å². The maximum absolute atomic E-state index is 10.9. The van der Waals surface area contributed by atoms with Gasteiger partial charge in [0, 0.05) is 24.2 Å². The highest BCUT2D eigenvalue weighted by molar-refractivity contribution is 7.98. The molecule has 1 aromatic rings. The summed E-state index contributed by atoms with van der Waals surface area (Å²) in [6.45, 7) is 6.54.